The topological polar surface area (TPSA) is 25.2 Å². The molecule has 5 heteroatoms. The van der Waals surface area contributed by atoms with Gasteiger partial charge in [-0.1, -0.05) is 30.3 Å². The van der Waals surface area contributed by atoms with Gasteiger partial charge in [0, 0.05) is 11.4 Å². The highest BCUT2D eigenvalue weighted by molar-refractivity contribution is 5.77. The molecule has 0 bridgehead atoms. The lowest BCUT2D eigenvalue weighted by Gasteiger charge is -2.15. The van der Waals surface area contributed by atoms with E-state index in [4.69, 9.17) is 4.42 Å². The number of nitrogens with one attached hydrogen (secondary N) is 1. The highest BCUT2D eigenvalue weighted by Gasteiger charge is 2.30. The summed E-state index contributed by atoms with van der Waals surface area (Å²) in [5, 5.41) is 4.20. The number of fused-ring (bicyclic) bond motifs is 1. The van der Waals surface area contributed by atoms with Crippen molar-refractivity contribution < 1.29 is 17.6 Å². The van der Waals surface area contributed by atoms with E-state index < -0.39 is 11.7 Å². The number of hydrogen-bond acceptors (Lipinski definition) is 2. The van der Waals surface area contributed by atoms with Gasteiger partial charge in [0.1, 0.15) is 11.3 Å². The second-order valence-corrected chi connectivity index (χ2v) is 5.48. The van der Waals surface area contributed by atoms with Gasteiger partial charge < -0.3 is 9.73 Å². The maximum absolute atomic E-state index is 12.8. The molecule has 3 aromatic rings. The Balaban J connectivity index is 1.70. The van der Waals surface area contributed by atoms with Crippen molar-refractivity contribution in [1.82, 2.24) is 5.32 Å². The Labute approximate surface area is 131 Å². The molecule has 0 aliphatic heterocycles. The summed E-state index contributed by atoms with van der Waals surface area (Å²) in [5.74, 6) is 0.755. The van der Waals surface area contributed by atoms with E-state index in [1.807, 2.05) is 37.3 Å². The minimum absolute atomic E-state index is 0.217. The Morgan fingerprint density at radius 3 is 2.57 bits per heavy atom. The van der Waals surface area contributed by atoms with Gasteiger partial charge in [-0.2, -0.15) is 13.2 Å². The summed E-state index contributed by atoms with van der Waals surface area (Å²) in [4.78, 5) is 0. The molecule has 1 aromatic heterocycles. The van der Waals surface area contributed by atoms with E-state index in [-0.39, 0.29) is 6.04 Å². The highest BCUT2D eigenvalue weighted by Crippen LogP contribution is 2.30. The Morgan fingerprint density at radius 2 is 1.83 bits per heavy atom. The summed E-state index contributed by atoms with van der Waals surface area (Å²) in [6.45, 7) is 2.28. The summed E-state index contributed by atoms with van der Waals surface area (Å²) in [5.41, 5.74) is 0.763. The van der Waals surface area contributed by atoms with Crippen LogP contribution in [0, 0.1) is 0 Å². The summed E-state index contributed by atoms with van der Waals surface area (Å²) in [7, 11) is 0. The quantitative estimate of drug-likeness (QED) is 0.705. The lowest BCUT2D eigenvalue weighted by Crippen LogP contribution is -2.18. The van der Waals surface area contributed by atoms with Gasteiger partial charge in [0.05, 0.1) is 12.1 Å². The summed E-state index contributed by atoms with van der Waals surface area (Å²) in [6, 6.07) is 14.8. The van der Waals surface area contributed by atoms with Crippen LogP contribution in [0.2, 0.25) is 0 Å². The van der Waals surface area contributed by atoms with Gasteiger partial charge in [0.15, 0.2) is 0 Å². The first-order chi connectivity index (χ1) is 10.9. The maximum Gasteiger partial charge on any atom is 0.416 e. The van der Waals surface area contributed by atoms with Crippen LogP contribution in [0.3, 0.4) is 0 Å². The Kier molecular flexibility index (Phi) is 4.13. The number of alkyl halides is 3. The van der Waals surface area contributed by atoms with E-state index in [0.717, 1.165) is 22.8 Å². The van der Waals surface area contributed by atoms with Crippen molar-refractivity contribution in [3.05, 3.63) is 71.5 Å². The van der Waals surface area contributed by atoms with Crippen LogP contribution < -0.4 is 5.32 Å². The molecule has 120 valence electrons. The van der Waals surface area contributed by atoms with E-state index >= 15 is 0 Å². The van der Waals surface area contributed by atoms with Crippen LogP contribution in [0.15, 0.2) is 59.0 Å². The van der Waals surface area contributed by atoms with Crippen molar-refractivity contribution in [2.75, 3.05) is 0 Å². The molecule has 1 unspecified atom stereocenters. The van der Waals surface area contributed by atoms with E-state index in [0.29, 0.717) is 12.1 Å². The molecule has 2 nitrogen and oxygen atoms in total. The Morgan fingerprint density at radius 1 is 1.04 bits per heavy atom. The predicted molar refractivity (Wildman–Crippen MR) is 82.9 cm³/mol. The van der Waals surface area contributed by atoms with Crippen molar-refractivity contribution >= 4 is 11.0 Å². The third kappa shape index (κ3) is 3.56. The molecule has 2 aromatic carbocycles. The Hall–Kier alpha value is -2.27. The lowest BCUT2D eigenvalue weighted by atomic mass is 10.0. The van der Waals surface area contributed by atoms with Crippen LogP contribution in [0.25, 0.3) is 11.0 Å². The Bertz CT molecular complexity index is 774. The largest absolute Gasteiger partial charge is 0.460 e. The van der Waals surface area contributed by atoms with Gasteiger partial charge >= 0.3 is 6.18 Å². The number of rotatable bonds is 4. The fourth-order valence-corrected chi connectivity index (χ4v) is 2.48. The molecular formula is C18H16F3NO. The first-order valence-corrected chi connectivity index (χ1v) is 7.31. The fourth-order valence-electron chi connectivity index (χ4n) is 2.48. The van der Waals surface area contributed by atoms with E-state index in [9.17, 15) is 13.2 Å². The first kappa shape index (κ1) is 15.6. The summed E-state index contributed by atoms with van der Waals surface area (Å²) >= 11 is 0. The average molecular weight is 319 g/mol. The molecule has 0 amide bonds. The number of hydrogen-bond donors (Lipinski definition) is 1. The summed E-state index contributed by atoms with van der Waals surface area (Å²) in [6.07, 6.45) is -4.32. The molecule has 0 saturated heterocycles. The zero-order valence-corrected chi connectivity index (χ0v) is 12.5. The van der Waals surface area contributed by atoms with Gasteiger partial charge in [-0.05, 0) is 36.8 Å². The molecule has 1 atom stereocenters. The summed E-state index contributed by atoms with van der Waals surface area (Å²) < 4.78 is 44.0. The molecule has 0 aliphatic carbocycles. The number of halogens is 3. The SMILES string of the molecule is CC(NCc1cc2ccccc2o1)c1cccc(C(F)(F)F)c1. The molecule has 0 radical (unpaired) electrons. The molecule has 1 heterocycles. The number of para-hydroxylation sites is 1. The van der Waals surface area contributed by atoms with Crippen LogP contribution in [0.5, 0.6) is 0 Å². The van der Waals surface area contributed by atoms with Gasteiger partial charge in [0.2, 0.25) is 0 Å². The minimum atomic E-state index is -4.32. The molecule has 0 fully saturated rings. The zero-order valence-electron chi connectivity index (χ0n) is 12.5. The first-order valence-electron chi connectivity index (χ1n) is 7.31. The highest BCUT2D eigenvalue weighted by atomic mass is 19.4. The average Bonchev–Trinajstić information content (AvgIpc) is 2.95. The van der Waals surface area contributed by atoms with Crippen LogP contribution >= 0.6 is 0 Å². The second-order valence-electron chi connectivity index (χ2n) is 5.48. The van der Waals surface area contributed by atoms with Gasteiger partial charge in [-0.3, -0.25) is 0 Å². The van der Waals surface area contributed by atoms with Gasteiger partial charge in [0.25, 0.3) is 0 Å². The molecule has 0 saturated carbocycles. The molecule has 0 spiro atoms. The van der Waals surface area contributed by atoms with Crippen molar-refractivity contribution in [2.45, 2.75) is 25.7 Å². The third-order valence-electron chi connectivity index (χ3n) is 3.77. The molecular weight excluding hydrogens is 303 g/mol. The van der Waals surface area contributed by atoms with Gasteiger partial charge in [-0.15, -0.1) is 0 Å². The maximum atomic E-state index is 12.8. The standard InChI is InChI=1S/C18H16F3NO/c1-12(13-6-4-7-15(9-13)18(19,20)21)22-11-16-10-14-5-2-3-8-17(14)23-16/h2-10,12,22H,11H2,1H3. The molecule has 23 heavy (non-hydrogen) atoms. The lowest BCUT2D eigenvalue weighted by molar-refractivity contribution is -0.137. The molecule has 0 aliphatic rings. The van der Waals surface area contributed by atoms with Crippen molar-refractivity contribution in [2.24, 2.45) is 0 Å². The van der Waals surface area contributed by atoms with Crippen LogP contribution in [-0.4, -0.2) is 0 Å². The van der Waals surface area contributed by atoms with Gasteiger partial charge in [-0.25, -0.2) is 0 Å². The van der Waals surface area contributed by atoms with Crippen molar-refractivity contribution in [3.63, 3.8) is 0 Å². The molecule has 1 N–H and O–H groups in total. The van der Waals surface area contributed by atoms with E-state index in [1.54, 1.807) is 6.07 Å². The molecule has 3 rings (SSSR count). The number of furan rings is 1. The van der Waals surface area contributed by atoms with Crippen LogP contribution in [0.4, 0.5) is 13.2 Å². The van der Waals surface area contributed by atoms with Crippen molar-refractivity contribution in [3.8, 4) is 0 Å². The third-order valence-corrected chi connectivity index (χ3v) is 3.77. The smallest absolute Gasteiger partial charge is 0.416 e. The second kappa shape index (κ2) is 6.08. The van der Waals surface area contributed by atoms with Crippen LogP contribution in [0.1, 0.15) is 29.9 Å². The monoisotopic (exact) mass is 319 g/mol. The fraction of sp³-hybridized carbons (Fsp3) is 0.222. The zero-order chi connectivity index (χ0) is 16.4. The predicted octanol–water partition coefficient (Wildman–Crippen LogP) is 5.30. The normalized spacial score (nSPS) is 13.4. The van der Waals surface area contributed by atoms with E-state index in [1.165, 1.54) is 12.1 Å². The van der Waals surface area contributed by atoms with Crippen LogP contribution in [-0.2, 0) is 12.7 Å². The minimum Gasteiger partial charge on any atom is -0.460 e. The van der Waals surface area contributed by atoms with Crippen molar-refractivity contribution in [1.29, 1.82) is 0 Å². The van der Waals surface area contributed by atoms with E-state index in [2.05, 4.69) is 5.32 Å². The number of benzene rings is 2.